The molecule has 0 amide bonds. The van der Waals surface area contributed by atoms with Gasteiger partial charge >= 0.3 is 0 Å². The fourth-order valence-electron chi connectivity index (χ4n) is 3.63. The zero-order chi connectivity index (χ0) is 15.8. The highest BCUT2D eigenvalue weighted by Gasteiger charge is 2.34. The fraction of sp³-hybridized carbons (Fsp3) is 0.944. The summed E-state index contributed by atoms with van der Waals surface area (Å²) in [5, 5.41) is 6.95. The molecule has 2 rings (SSSR count). The summed E-state index contributed by atoms with van der Waals surface area (Å²) in [7, 11) is 2.23. The van der Waals surface area contributed by atoms with Crippen LogP contribution in [0.4, 0.5) is 0 Å². The van der Waals surface area contributed by atoms with Crippen molar-refractivity contribution in [1.29, 1.82) is 0 Å². The summed E-state index contributed by atoms with van der Waals surface area (Å²) in [6, 6.07) is 0. The summed E-state index contributed by atoms with van der Waals surface area (Å²) < 4.78 is 0. The van der Waals surface area contributed by atoms with Crippen LogP contribution in [-0.2, 0) is 0 Å². The SMILES string of the molecule is CCNC(=NCC1(CC)CCC1)NCCC1CCN(C)CC1. The number of aliphatic imine (C=N–C) groups is 1. The Morgan fingerprint density at radius 1 is 1.18 bits per heavy atom. The van der Waals surface area contributed by atoms with Crippen molar-refractivity contribution in [2.45, 2.75) is 58.8 Å². The molecule has 0 unspecified atom stereocenters. The number of nitrogens with zero attached hydrogens (tertiary/aromatic N) is 2. The summed E-state index contributed by atoms with van der Waals surface area (Å²) in [6.45, 7) is 9.98. The maximum absolute atomic E-state index is 4.86. The molecule has 1 heterocycles. The topological polar surface area (TPSA) is 39.7 Å². The van der Waals surface area contributed by atoms with Gasteiger partial charge in [-0.2, -0.15) is 0 Å². The summed E-state index contributed by atoms with van der Waals surface area (Å²) in [5.41, 5.74) is 0.510. The van der Waals surface area contributed by atoms with Gasteiger partial charge in [0.15, 0.2) is 5.96 Å². The summed E-state index contributed by atoms with van der Waals surface area (Å²) in [4.78, 5) is 7.30. The van der Waals surface area contributed by atoms with E-state index in [9.17, 15) is 0 Å². The first-order chi connectivity index (χ1) is 10.7. The second-order valence-electron chi connectivity index (χ2n) is 7.36. The third kappa shape index (κ3) is 5.15. The largest absolute Gasteiger partial charge is 0.357 e. The van der Waals surface area contributed by atoms with Crippen molar-refractivity contribution >= 4 is 5.96 Å². The molecule has 0 aromatic rings. The van der Waals surface area contributed by atoms with E-state index in [-0.39, 0.29) is 0 Å². The Kier molecular flexibility index (Phi) is 7.00. The third-order valence-electron chi connectivity index (χ3n) is 5.76. The van der Waals surface area contributed by atoms with E-state index in [1.165, 1.54) is 58.0 Å². The number of hydrogen-bond acceptors (Lipinski definition) is 2. The predicted molar refractivity (Wildman–Crippen MR) is 95.4 cm³/mol. The second kappa shape index (κ2) is 8.76. The fourth-order valence-corrected chi connectivity index (χ4v) is 3.63. The summed E-state index contributed by atoms with van der Waals surface area (Å²) in [5.74, 6) is 1.91. The molecule has 22 heavy (non-hydrogen) atoms. The predicted octanol–water partition coefficient (Wildman–Crippen LogP) is 2.85. The molecule has 0 aromatic heterocycles. The molecule has 4 nitrogen and oxygen atoms in total. The van der Waals surface area contributed by atoms with Crippen molar-refractivity contribution in [1.82, 2.24) is 15.5 Å². The van der Waals surface area contributed by atoms with Gasteiger partial charge in [0.1, 0.15) is 0 Å². The van der Waals surface area contributed by atoms with E-state index in [0.717, 1.165) is 31.5 Å². The number of rotatable bonds is 7. The Hall–Kier alpha value is -0.770. The molecule has 2 N–H and O–H groups in total. The van der Waals surface area contributed by atoms with Crippen LogP contribution in [0.1, 0.15) is 58.8 Å². The minimum absolute atomic E-state index is 0.510. The van der Waals surface area contributed by atoms with Gasteiger partial charge in [-0.15, -0.1) is 0 Å². The normalized spacial score (nSPS) is 23.1. The Balaban J connectivity index is 1.71. The number of nitrogens with one attached hydrogen (secondary N) is 2. The van der Waals surface area contributed by atoms with Crippen LogP contribution in [0.25, 0.3) is 0 Å². The average molecular weight is 309 g/mol. The van der Waals surface area contributed by atoms with Gasteiger partial charge in [-0.05, 0) is 76.9 Å². The molecule has 1 saturated carbocycles. The van der Waals surface area contributed by atoms with E-state index < -0.39 is 0 Å². The standard InChI is InChI=1S/C18H36N4/c1-4-18(10-6-11-18)15-21-17(19-5-2)20-12-7-16-8-13-22(3)14-9-16/h16H,4-15H2,1-3H3,(H2,19,20,21). The molecule has 4 heteroatoms. The van der Waals surface area contributed by atoms with Crippen molar-refractivity contribution in [3.8, 4) is 0 Å². The molecular formula is C18H36N4. The first kappa shape index (κ1) is 17.6. The lowest BCUT2D eigenvalue weighted by atomic mass is 9.67. The highest BCUT2D eigenvalue weighted by molar-refractivity contribution is 5.79. The van der Waals surface area contributed by atoms with Gasteiger partial charge in [0.05, 0.1) is 0 Å². The number of likely N-dealkylation sites (tertiary alicyclic amines) is 1. The molecule has 2 aliphatic rings. The van der Waals surface area contributed by atoms with Gasteiger partial charge in [-0.25, -0.2) is 0 Å². The van der Waals surface area contributed by atoms with Crippen LogP contribution in [-0.4, -0.2) is 50.6 Å². The van der Waals surface area contributed by atoms with E-state index in [1.807, 2.05) is 0 Å². The monoisotopic (exact) mass is 308 g/mol. The maximum atomic E-state index is 4.86. The van der Waals surface area contributed by atoms with Crippen LogP contribution >= 0.6 is 0 Å². The van der Waals surface area contributed by atoms with Crippen LogP contribution in [0.3, 0.4) is 0 Å². The quantitative estimate of drug-likeness (QED) is 0.561. The molecule has 1 saturated heterocycles. The number of piperidine rings is 1. The van der Waals surface area contributed by atoms with Crippen molar-refractivity contribution in [2.24, 2.45) is 16.3 Å². The minimum atomic E-state index is 0.510. The lowest BCUT2D eigenvalue weighted by molar-refractivity contribution is 0.139. The minimum Gasteiger partial charge on any atom is -0.357 e. The molecule has 2 fully saturated rings. The Bertz CT molecular complexity index is 335. The van der Waals surface area contributed by atoms with Crippen molar-refractivity contribution in [3.63, 3.8) is 0 Å². The lowest BCUT2D eigenvalue weighted by Crippen LogP contribution is -2.41. The van der Waals surface area contributed by atoms with Crippen LogP contribution in [0, 0.1) is 11.3 Å². The zero-order valence-corrected chi connectivity index (χ0v) is 15.0. The first-order valence-corrected chi connectivity index (χ1v) is 9.38. The third-order valence-corrected chi connectivity index (χ3v) is 5.76. The molecular weight excluding hydrogens is 272 g/mol. The van der Waals surface area contributed by atoms with Crippen molar-refractivity contribution in [3.05, 3.63) is 0 Å². The van der Waals surface area contributed by atoms with E-state index in [2.05, 4.69) is 36.4 Å². The van der Waals surface area contributed by atoms with Crippen LogP contribution in [0.2, 0.25) is 0 Å². The van der Waals surface area contributed by atoms with Gasteiger partial charge in [-0.3, -0.25) is 4.99 Å². The molecule has 0 bridgehead atoms. The lowest BCUT2D eigenvalue weighted by Gasteiger charge is -2.40. The van der Waals surface area contributed by atoms with Crippen molar-refractivity contribution in [2.75, 3.05) is 39.8 Å². The van der Waals surface area contributed by atoms with E-state index >= 15 is 0 Å². The molecule has 128 valence electrons. The Morgan fingerprint density at radius 2 is 1.91 bits per heavy atom. The van der Waals surface area contributed by atoms with Crippen LogP contribution in [0.15, 0.2) is 4.99 Å². The summed E-state index contributed by atoms with van der Waals surface area (Å²) >= 11 is 0. The molecule has 1 aliphatic heterocycles. The zero-order valence-electron chi connectivity index (χ0n) is 15.0. The first-order valence-electron chi connectivity index (χ1n) is 9.38. The molecule has 0 atom stereocenters. The highest BCUT2D eigenvalue weighted by Crippen LogP contribution is 2.43. The van der Waals surface area contributed by atoms with Gasteiger partial charge in [0.25, 0.3) is 0 Å². The van der Waals surface area contributed by atoms with E-state index in [4.69, 9.17) is 4.99 Å². The van der Waals surface area contributed by atoms with Gasteiger partial charge in [0.2, 0.25) is 0 Å². The van der Waals surface area contributed by atoms with Crippen LogP contribution in [0.5, 0.6) is 0 Å². The second-order valence-corrected chi connectivity index (χ2v) is 7.36. The molecule has 0 spiro atoms. The van der Waals surface area contributed by atoms with Gasteiger partial charge < -0.3 is 15.5 Å². The molecule has 1 aliphatic carbocycles. The van der Waals surface area contributed by atoms with E-state index in [0.29, 0.717) is 5.41 Å². The Labute approximate surface area is 137 Å². The van der Waals surface area contributed by atoms with Crippen LogP contribution < -0.4 is 10.6 Å². The van der Waals surface area contributed by atoms with Gasteiger partial charge in [0, 0.05) is 19.6 Å². The van der Waals surface area contributed by atoms with E-state index in [1.54, 1.807) is 0 Å². The molecule has 0 radical (unpaired) electrons. The van der Waals surface area contributed by atoms with Gasteiger partial charge in [-0.1, -0.05) is 13.3 Å². The highest BCUT2D eigenvalue weighted by atomic mass is 15.2. The molecule has 0 aromatic carbocycles. The summed E-state index contributed by atoms with van der Waals surface area (Å²) in [6.07, 6.45) is 9.37. The smallest absolute Gasteiger partial charge is 0.191 e. The Morgan fingerprint density at radius 3 is 2.45 bits per heavy atom. The number of hydrogen-bond donors (Lipinski definition) is 2. The maximum Gasteiger partial charge on any atom is 0.191 e. The average Bonchev–Trinajstić information content (AvgIpc) is 2.48. The van der Waals surface area contributed by atoms with Crippen molar-refractivity contribution < 1.29 is 0 Å². The number of guanidine groups is 1.